The molecule has 1 aromatic heterocycles. The lowest BCUT2D eigenvalue weighted by molar-refractivity contribution is 0.0880. The maximum Gasteiger partial charge on any atom is 0.237 e. The van der Waals surface area contributed by atoms with Crippen molar-refractivity contribution in [2.75, 3.05) is 6.61 Å². The van der Waals surface area contributed by atoms with Gasteiger partial charge in [0.1, 0.15) is 0 Å². The molecule has 0 aliphatic heterocycles. The third kappa shape index (κ3) is 5.42. The summed E-state index contributed by atoms with van der Waals surface area (Å²) in [4.78, 5) is 8.83. The van der Waals surface area contributed by atoms with E-state index in [4.69, 9.17) is 22.2 Å². The molecule has 6 nitrogen and oxygen atoms in total. The molecule has 96 valence electrons. The number of hydrogen-bond donors (Lipinski definition) is 2. The fourth-order valence-corrected chi connectivity index (χ4v) is 1.10. The molecule has 1 aromatic rings. The number of guanidine groups is 1. The lowest BCUT2D eigenvalue weighted by Crippen LogP contribution is -2.31. The van der Waals surface area contributed by atoms with Gasteiger partial charge in [0.05, 0.1) is 17.8 Å². The summed E-state index contributed by atoms with van der Waals surface area (Å²) >= 11 is 5.87. The largest absolute Gasteiger partial charge is 0.367 e. The molecule has 1 heterocycles. The van der Waals surface area contributed by atoms with Gasteiger partial charge in [0, 0.05) is 18.0 Å². The predicted molar refractivity (Wildman–Crippen MR) is 72.4 cm³/mol. The van der Waals surface area contributed by atoms with Crippen molar-refractivity contribution < 1.29 is 4.84 Å². The number of nitrogens with zero attached hydrogens (tertiary/aromatic N) is 3. The van der Waals surface area contributed by atoms with Crippen LogP contribution in [0.25, 0.3) is 0 Å². The Morgan fingerprint density at radius 1 is 1.67 bits per heavy atom. The van der Waals surface area contributed by atoms with Gasteiger partial charge in [-0.1, -0.05) is 17.7 Å². The average Bonchev–Trinajstić information content (AvgIpc) is 2.37. The van der Waals surface area contributed by atoms with E-state index in [2.05, 4.69) is 27.2 Å². The van der Waals surface area contributed by atoms with Crippen molar-refractivity contribution >= 4 is 23.8 Å². The summed E-state index contributed by atoms with van der Waals surface area (Å²) in [6.45, 7) is 4.02. The van der Waals surface area contributed by atoms with Crippen LogP contribution in [0.1, 0.15) is 12.0 Å². The molecule has 0 aromatic carbocycles. The number of nitrogens with two attached hydrogens (primary N) is 1. The van der Waals surface area contributed by atoms with Crippen molar-refractivity contribution in [2.24, 2.45) is 15.9 Å². The average molecular weight is 268 g/mol. The summed E-state index contributed by atoms with van der Waals surface area (Å²) in [5, 5.41) is 7.94. The van der Waals surface area contributed by atoms with E-state index in [0.29, 0.717) is 17.2 Å². The van der Waals surface area contributed by atoms with Crippen LogP contribution < -0.4 is 11.2 Å². The Labute approximate surface area is 110 Å². The van der Waals surface area contributed by atoms with Crippen LogP contribution in [0.2, 0.25) is 5.02 Å². The molecule has 0 unspecified atom stereocenters. The minimum absolute atomic E-state index is 0.0560. The molecular weight excluding hydrogens is 254 g/mol. The van der Waals surface area contributed by atoms with Gasteiger partial charge in [-0.15, -0.1) is 11.7 Å². The van der Waals surface area contributed by atoms with Crippen molar-refractivity contribution in [3.8, 4) is 0 Å². The summed E-state index contributed by atoms with van der Waals surface area (Å²) in [5.74, 6) is 0.0560. The van der Waals surface area contributed by atoms with Crippen molar-refractivity contribution in [2.45, 2.75) is 6.42 Å². The van der Waals surface area contributed by atoms with Crippen LogP contribution in [0.3, 0.4) is 0 Å². The second kappa shape index (κ2) is 8.21. The normalized spacial score (nSPS) is 11.7. The van der Waals surface area contributed by atoms with E-state index in [1.165, 1.54) is 12.4 Å². The molecule has 0 atom stereocenters. The number of nitrogens with one attached hydrogen (secondary N) is 1. The number of aromatic nitrogens is 1. The van der Waals surface area contributed by atoms with E-state index in [9.17, 15) is 0 Å². The zero-order valence-electron chi connectivity index (χ0n) is 9.71. The highest BCUT2D eigenvalue weighted by Crippen LogP contribution is 2.10. The van der Waals surface area contributed by atoms with Crippen LogP contribution in [0.4, 0.5) is 0 Å². The molecule has 3 N–H and O–H groups in total. The molecule has 7 heteroatoms. The van der Waals surface area contributed by atoms with Crippen LogP contribution in [0, 0.1) is 0 Å². The van der Waals surface area contributed by atoms with Gasteiger partial charge in [-0.3, -0.25) is 9.82 Å². The smallest absolute Gasteiger partial charge is 0.237 e. The van der Waals surface area contributed by atoms with Crippen molar-refractivity contribution in [1.82, 2.24) is 10.5 Å². The third-order valence-corrected chi connectivity index (χ3v) is 2.08. The highest BCUT2D eigenvalue weighted by Gasteiger charge is 1.94. The van der Waals surface area contributed by atoms with Crippen LogP contribution in [0.5, 0.6) is 0 Å². The fraction of sp³-hybridized carbons (Fsp3) is 0.182. The first-order valence-electron chi connectivity index (χ1n) is 5.18. The molecule has 0 saturated heterocycles. The monoisotopic (exact) mass is 267 g/mol. The standard InChI is InChI=1S/C11H14ClN5O/c1-2-3-6-18-17-11(13)16-15-7-9-4-5-14-8-10(9)12/h2,4-5,7-8H,1,3,6H2,(H3,13,16,17)/b15-7+. The molecule has 0 bridgehead atoms. The van der Waals surface area contributed by atoms with E-state index in [-0.39, 0.29) is 5.96 Å². The maximum atomic E-state index is 5.87. The Morgan fingerprint density at radius 3 is 3.22 bits per heavy atom. The van der Waals surface area contributed by atoms with Gasteiger partial charge in [-0.05, 0) is 12.5 Å². The molecule has 0 saturated carbocycles. The highest BCUT2D eigenvalue weighted by molar-refractivity contribution is 6.32. The van der Waals surface area contributed by atoms with Gasteiger partial charge >= 0.3 is 0 Å². The van der Waals surface area contributed by atoms with Gasteiger partial charge in [0.15, 0.2) is 0 Å². The molecular formula is C11H14ClN5O. The summed E-state index contributed by atoms with van der Waals surface area (Å²) in [6, 6.07) is 1.71. The number of hydroxylamine groups is 1. The van der Waals surface area contributed by atoms with E-state index in [1.54, 1.807) is 18.3 Å². The first kappa shape index (κ1) is 14.1. The number of pyridine rings is 1. The zero-order valence-corrected chi connectivity index (χ0v) is 10.5. The Balaban J connectivity index is 2.42. The highest BCUT2D eigenvalue weighted by atomic mass is 35.5. The van der Waals surface area contributed by atoms with Crippen LogP contribution >= 0.6 is 11.6 Å². The molecule has 0 fully saturated rings. The zero-order chi connectivity index (χ0) is 13.2. The number of hydrogen-bond acceptors (Lipinski definition) is 4. The fourth-order valence-electron chi connectivity index (χ4n) is 0.932. The number of rotatable bonds is 6. The van der Waals surface area contributed by atoms with Crippen LogP contribution in [0.15, 0.2) is 41.3 Å². The molecule has 18 heavy (non-hydrogen) atoms. The molecule has 0 radical (unpaired) electrons. The van der Waals surface area contributed by atoms with Gasteiger partial charge in [0.25, 0.3) is 0 Å². The molecule has 1 rings (SSSR count). The SMILES string of the molecule is C=CCCONC(N)=N/N=C/c1ccncc1Cl. The summed E-state index contributed by atoms with van der Waals surface area (Å²) in [5.41, 5.74) is 8.63. The van der Waals surface area contributed by atoms with Crippen molar-refractivity contribution in [3.63, 3.8) is 0 Å². The van der Waals surface area contributed by atoms with Gasteiger partial charge in [0.2, 0.25) is 5.96 Å². The topological polar surface area (TPSA) is 84.9 Å². The van der Waals surface area contributed by atoms with E-state index in [1.807, 2.05) is 0 Å². The van der Waals surface area contributed by atoms with Crippen LogP contribution in [-0.2, 0) is 4.84 Å². The van der Waals surface area contributed by atoms with E-state index < -0.39 is 0 Å². The minimum atomic E-state index is 0.0560. The minimum Gasteiger partial charge on any atom is -0.367 e. The van der Waals surface area contributed by atoms with Crippen molar-refractivity contribution in [1.29, 1.82) is 0 Å². The lowest BCUT2D eigenvalue weighted by atomic mass is 10.3. The van der Waals surface area contributed by atoms with Gasteiger partial charge < -0.3 is 5.73 Å². The second-order valence-corrected chi connectivity index (χ2v) is 3.56. The first-order valence-corrected chi connectivity index (χ1v) is 5.56. The predicted octanol–water partition coefficient (Wildman–Crippen LogP) is 1.48. The summed E-state index contributed by atoms with van der Waals surface area (Å²) < 4.78 is 0. The Morgan fingerprint density at radius 2 is 2.50 bits per heavy atom. The molecule has 0 spiro atoms. The lowest BCUT2D eigenvalue weighted by Gasteiger charge is -2.02. The van der Waals surface area contributed by atoms with Gasteiger partial charge in [-0.25, -0.2) is 5.48 Å². The third-order valence-electron chi connectivity index (χ3n) is 1.77. The van der Waals surface area contributed by atoms with Gasteiger partial charge in [-0.2, -0.15) is 5.10 Å². The first-order chi connectivity index (χ1) is 8.74. The molecule has 0 aliphatic rings. The molecule has 0 amide bonds. The number of halogens is 1. The summed E-state index contributed by atoms with van der Waals surface area (Å²) in [7, 11) is 0. The van der Waals surface area contributed by atoms with Crippen LogP contribution in [-0.4, -0.2) is 23.8 Å². The Bertz CT molecular complexity index is 447. The second-order valence-electron chi connectivity index (χ2n) is 3.15. The van der Waals surface area contributed by atoms with Crippen molar-refractivity contribution in [3.05, 3.63) is 41.7 Å². The van der Waals surface area contributed by atoms with E-state index >= 15 is 0 Å². The summed E-state index contributed by atoms with van der Waals surface area (Å²) in [6.07, 6.45) is 7.06. The maximum absolute atomic E-state index is 5.87. The molecule has 0 aliphatic carbocycles. The van der Waals surface area contributed by atoms with E-state index in [0.717, 1.165) is 6.42 Å². The Hall–Kier alpha value is -1.92. The Kier molecular flexibility index (Phi) is 6.45. The quantitative estimate of drug-likeness (QED) is 0.269.